The maximum atomic E-state index is 12.4. The molecule has 1 unspecified atom stereocenters. The SMILES string of the molecule is CSCCC(C)N(C)C(=O)c1ccc2ccccc2n1. The van der Waals surface area contributed by atoms with E-state index in [4.69, 9.17) is 0 Å². The van der Waals surface area contributed by atoms with Gasteiger partial charge in [-0.05, 0) is 37.5 Å². The molecule has 1 aromatic heterocycles. The van der Waals surface area contributed by atoms with E-state index in [0.717, 1.165) is 23.1 Å². The van der Waals surface area contributed by atoms with Gasteiger partial charge in [-0.15, -0.1) is 0 Å². The molecule has 1 atom stereocenters. The van der Waals surface area contributed by atoms with Gasteiger partial charge < -0.3 is 4.90 Å². The summed E-state index contributed by atoms with van der Waals surface area (Å²) in [5.41, 5.74) is 1.38. The first-order valence-corrected chi connectivity index (χ1v) is 8.14. The second-order valence-electron chi connectivity index (χ2n) is 4.94. The normalized spacial score (nSPS) is 12.3. The maximum Gasteiger partial charge on any atom is 0.272 e. The van der Waals surface area contributed by atoms with Crippen LogP contribution in [0, 0.1) is 0 Å². The predicted octanol–water partition coefficient (Wildman–Crippen LogP) is 3.45. The van der Waals surface area contributed by atoms with Crippen LogP contribution in [-0.2, 0) is 0 Å². The average Bonchev–Trinajstić information content (AvgIpc) is 2.50. The van der Waals surface area contributed by atoms with Gasteiger partial charge in [0.05, 0.1) is 5.52 Å². The van der Waals surface area contributed by atoms with Crippen molar-refractivity contribution in [3.05, 3.63) is 42.1 Å². The highest BCUT2D eigenvalue weighted by molar-refractivity contribution is 7.98. The number of carbonyl (C=O) groups is 1. The van der Waals surface area contributed by atoms with Crippen LogP contribution in [0.1, 0.15) is 23.8 Å². The second kappa shape index (κ2) is 6.75. The van der Waals surface area contributed by atoms with Gasteiger partial charge in [0.2, 0.25) is 0 Å². The van der Waals surface area contributed by atoms with Crippen LogP contribution in [0.3, 0.4) is 0 Å². The summed E-state index contributed by atoms with van der Waals surface area (Å²) in [4.78, 5) is 18.7. The Kier molecular flexibility index (Phi) is 5.01. The van der Waals surface area contributed by atoms with Gasteiger partial charge in [-0.3, -0.25) is 4.79 Å². The van der Waals surface area contributed by atoms with E-state index in [9.17, 15) is 4.79 Å². The maximum absolute atomic E-state index is 12.4. The molecule has 20 heavy (non-hydrogen) atoms. The monoisotopic (exact) mass is 288 g/mol. The number of nitrogens with zero attached hydrogens (tertiary/aromatic N) is 2. The Bertz CT molecular complexity index is 600. The van der Waals surface area contributed by atoms with Crippen LogP contribution in [0.5, 0.6) is 0 Å². The third-order valence-electron chi connectivity index (χ3n) is 3.54. The number of thioether (sulfide) groups is 1. The second-order valence-corrected chi connectivity index (χ2v) is 5.92. The lowest BCUT2D eigenvalue weighted by Gasteiger charge is -2.24. The number of hydrogen-bond acceptors (Lipinski definition) is 3. The van der Waals surface area contributed by atoms with E-state index in [1.54, 1.807) is 16.7 Å². The number of rotatable bonds is 5. The van der Waals surface area contributed by atoms with Crippen LogP contribution in [0.4, 0.5) is 0 Å². The number of hydrogen-bond donors (Lipinski definition) is 0. The summed E-state index contributed by atoms with van der Waals surface area (Å²) in [5.74, 6) is 1.05. The zero-order valence-electron chi connectivity index (χ0n) is 12.2. The van der Waals surface area contributed by atoms with Crippen molar-refractivity contribution in [2.75, 3.05) is 19.1 Å². The lowest BCUT2D eigenvalue weighted by molar-refractivity contribution is 0.0736. The molecule has 0 N–H and O–H groups in total. The number of fused-ring (bicyclic) bond motifs is 1. The standard InChI is InChI=1S/C16H20N2OS/c1-12(10-11-20-3)18(2)16(19)15-9-8-13-6-4-5-7-14(13)17-15/h4-9,12H,10-11H2,1-3H3. The highest BCUT2D eigenvalue weighted by atomic mass is 32.2. The topological polar surface area (TPSA) is 33.2 Å². The van der Waals surface area contributed by atoms with Crippen LogP contribution in [-0.4, -0.2) is 40.9 Å². The Balaban J connectivity index is 2.17. The quantitative estimate of drug-likeness (QED) is 0.845. The Morgan fingerprint density at radius 1 is 1.30 bits per heavy atom. The van der Waals surface area contributed by atoms with Crippen molar-refractivity contribution < 1.29 is 4.79 Å². The van der Waals surface area contributed by atoms with Crippen LogP contribution in [0.15, 0.2) is 36.4 Å². The van der Waals surface area contributed by atoms with E-state index in [-0.39, 0.29) is 11.9 Å². The van der Waals surface area contributed by atoms with E-state index in [1.807, 2.05) is 43.4 Å². The summed E-state index contributed by atoms with van der Waals surface area (Å²) in [6.07, 6.45) is 3.08. The molecular formula is C16H20N2OS. The van der Waals surface area contributed by atoms with Crippen molar-refractivity contribution >= 4 is 28.6 Å². The molecule has 4 heteroatoms. The summed E-state index contributed by atoms with van der Waals surface area (Å²) in [5, 5.41) is 1.06. The minimum atomic E-state index is -0.00986. The molecule has 2 rings (SSSR count). The molecule has 1 aromatic carbocycles. The van der Waals surface area contributed by atoms with Crippen molar-refractivity contribution in [2.24, 2.45) is 0 Å². The molecule has 2 aromatic rings. The molecule has 1 heterocycles. The Morgan fingerprint density at radius 3 is 2.80 bits per heavy atom. The van der Waals surface area contributed by atoms with Gasteiger partial charge in [-0.2, -0.15) is 11.8 Å². The first kappa shape index (κ1) is 14.9. The van der Waals surface area contributed by atoms with Crippen molar-refractivity contribution in [2.45, 2.75) is 19.4 Å². The third-order valence-corrected chi connectivity index (χ3v) is 4.18. The molecule has 0 aliphatic rings. The van der Waals surface area contributed by atoms with E-state index >= 15 is 0 Å². The van der Waals surface area contributed by atoms with E-state index in [1.165, 1.54) is 0 Å². The number of aromatic nitrogens is 1. The van der Waals surface area contributed by atoms with Crippen LogP contribution >= 0.6 is 11.8 Å². The number of carbonyl (C=O) groups excluding carboxylic acids is 1. The van der Waals surface area contributed by atoms with Gasteiger partial charge in [0.15, 0.2) is 0 Å². The van der Waals surface area contributed by atoms with Crippen molar-refractivity contribution in [1.82, 2.24) is 9.88 Å². The predicted molar refractivity (Wildman–Crippen MR) is 86.3 cm³/mol. The van der Waals surface area contributed by atoms with Gasteiger partial charge in [-0.25, -0.2) is 4.98 Å². The molecule has 0 aliphatic heterocycles. The molecule has 0 bridgehead atoms. The first-order chi connectivity index (χ1) is 9.63. The molecule has 0 saturated carbocycles. The van der Waals surface area contributed by atoms with Gasteiger partial charge >= 0.3 is 0 Å². The van der Waals surface area contributed by atoms with E-state index in [2.05, 4.69) is 18.2 Å². The van der Waals surface area contributed by atoms with Crippen molar-refractivity contribution in [1.29, 1.82) is 0 Å². The number of benzene rings is 1. The summed E-state index contributed by atoms with van der Waals surface area (Å²) in [7, 11) is 1.85. The fourth-order valence-electron chi connectivity index (χ4n) is 2.05. The zero-order chi connectivity index (χ0) is 14.5. The fraction of sp³-hybridized carbons (Fsp3) is 0.375. The van der Waals surface area contributed by atoms with E-state index < -0.39 is 0 Å². The van der Waals surface area contributed by atoms with Crippen LogP contribution in [0.25, 0.3) is 10.9 Å². The Hall–Kier alpha value is -1.55. The largest absolute Gasteiger partial charge is 0.338 e. The lowest BCUT2D eigenvalue weighted by atomic mass is 10.1. The summed E-state index contributed by atoms with van der Waals surface area (Å²) >= 11 is 1.80. The molecule has 0 fully saturated rings. The molecule has 106 valence electrons. The fourth-order valence-corrected chi connectivity index (χ4v) is 2.62. The summed E-state index contributed by atoms with van der Waals surface area (Å²) in [6, 6.07) is 11.8. The van der Waals surface area contributed by atoms with Crippen molar-refractivity contribution in [3.8, 4) is 0 Å². The summed E-state index contributed by atoms with van der Waals surface area (Å²) < 4.78 is 0. The molecule has 0 radical (unpaired) electrons. The molecule has 3 nitrogen and oxygen atoms in total. The molecule has 1 amide bonds. The highest BCUT2D eigenvalue weighted by Crippen LogP contribution is 2.14. The van der Waals surface area contributed by atoms with Gasteiger partial charge in [0.1, 0.15) is 5.69 Å². The number of amides is 1. The molecular weight excluding hydrogens is 268 g/mol. The van der Waals surface area contributed by atoms with Gasteiger partial charge in [-0.1, -0.05) is 24.3 Å². The Labute approximate surface area is 124 Å². The number of pyridine rings is 1. The molecule has 0 spiro atoms. The lowest BCUT2D eigenvalue weighted by Crippen LogP contribution is -2.35. The van der Waals surface area contributed by atoms with Gasteiger partial charge in [0, 0.05) is 18.5 Å². The summed E-state index contributed by atoms with van der Waals surface area (Å²) in [6.45, 7) is 2.08. The minimum absolute atomic E-state index is 0.00986. The van der Waals surface area contributed by atoms with Crippen molar-refractivity contribution in [3.63, 3.8) is 0 Å². The Morgan fingerprint density at radius 2 is 2.05 bits per heavy atom. The average molecular weight is 288 g/mol. The zero-order valence-corrected chi connectivity index (χ0v) is 13.0. The van der Waals surface area contributed by atoms with Crippen LogP contribution in [0.2, 0.25) is 0 Å². The number of para-hydroxylation sites is 1. The minimum Gasteiger partial charge on any atom is -0.338 e. The van der Waals surface area contributed by atoms with Crippen LogP contribution < -0.4 is 0 Å². The van der Waals surface area contributed by atoms with E-state index in [0.29, 0.717) is 5.69 Å². The first-order valence-electron chi connectivity index (χ1n) is 6.75. The molecule has 0 saturated heterocycles. The molecule has 0 aliphatic carbocycles. The van der Waals surface area contributed by atoms with Gasteiger partial charge in [0.25, 0.3) is 5.91 Å². The highest BCUT2D eigenvalue weighted by Gasteiger charge is 2.18. The smallest absolute Gasteiger partial charge is 0.272 e. The third kappa shape index (κ3) is 3.31.